The van der Waals surface area contributed by atoms with E-state index in [1.165, 1.54) is 19.4 Å². The number of carbonyl (C=O) groups is 5. The van der Waals surface area contributed by atoms with Crippen LogP contribution in [0.15, 0.2) is 78.3 Å². The third kappa shape index (κ3) is 11.4. The first-order valence-corrected chi connectivity index (χ1v) is 16.3. The number of para-hydroxylation sites is 1. The highest BCUT2D eigenvalue weighted by molar-refractivity contribution is 5.96. The zero-order valence-electron chi connectivity index (χ0n) is 28.1. The molecule has 51 heavy (non-hydrogen) atoms. The molecule has 0 fully saturated rings. The minimum Gasteiger partial charge on any atom is -0.370 e. The minimum atomic E-state index is -1.17. The molecule has 2 heterocycles. The summed E-state index contributed by atoms with van der Waals surface area (Å²) in [7, 11) is 0. The van der Waals surface area contributed by atoms with Crippen LogP contribution in [0.25, 0.3) is 10.9 Å². The van der Waals surface area contributed by atoms with E-state index in [9.17, 15) is 24.0 Å². The number of amides is 5. The molecule has 0 aliphatic carbocycles. The molecule has 2 aromatic carbocycles. The summed E-state index contributed by atoms with van der Waals surface area (Å²) in [4.78, 5) is 80.3. The van der Waals surface area contributed by atoms with Crippen LogP contribution >= 0.6 is 0 Å². The van der Waals surface area contributed by atoms with Gasteiger partial charge >= 0.3 is 0 Å². The molecule has 17 nitrogen and oxygen atoms in total. The van der Waals surface area contributed by atoms with Crippen molar-refractivity contribution in [1.82, 2.24) is 41.6 Å². The number of benzene rings is 2. The fourth-order valence-corrected chi connectivity index (χ4v) is 5.55. The molecular formula is C34H44N12O5. The van der Waals surface area contributed by atoms with Crippen molar-refractivity contribution in [2.24, 2.45) is 22.3 Å². The van der Waals surface area contributed by atoms with Gasteiger partial charge in [-0.15, -0.1) is 0 Å². The number of hydrogen-bond donors (Lipinski definition) is 10. The predicted octanol–water partition coefficient (Wildman–Crippen LogP) is -1.08. The van der Waals surface area contributed by atoms with Gasteiger partial charge in [-0.1, -0.05) is 48.5 Å². The number of aromatic amines is 2. The Morgan fingerprint density at radius 3 is 2.04 bits per heavy atom. The number of nitrogens with zero attached hydrogens (tertiary/aromatic N) is 2. The number of nitrogens with one attached hydrogen (secondary N) is 7. The highest BCUT2D eigenvalue weighted by Gasteiger charge is 2.32. The first-order chi connectivity index (χ1) is 24.5. The number of imidazole rings is 1. The number of aromatic nitrogens is 3. The number of hydrogen-bond acceptors (Lipinski definition) is 8. The normalized spacial score (nSPS) is 13.2. The molecule has 0 radical (unpaired) electrons. The van der Waals surface area contributed by atoms with Crippen molar-refractivity contribution in [2.75, 3.05) is 6.54 Å². The van der Waals surface area contributed by atoms with Crippen molar-refractivity contribution in [3.05, 3.63) is 90.1 Å². The van der Waals surface area contributed by atoms with Crippen molar-refractivity contribution in [2.45, 2.75) is 63.2 Å². The maximum Gasteiger partial charge on any atom is 0.256 e. The van der Waals surface area contributed by atoms with E-state index in [4.69, 9.17) is 17.3 Å². The van der Waals surface area contributed by atoms with Crippen LogP contribution in [0.2, 0.25) is 0 Å². The van der Waals surface area contributed by atoms with Gasteiger partial charge in [0.2, 0.25) is 23.6 Å². The summed E-state index contributed by atoms with van der Waals surface area (Å²) in [5.74, 6) is 2.31. The van der Waals surface area contributed by atoms with Gasteiger partial charge in [0.25, 0.3) is 5.91 Å². The van der Waals surface area contributed by atoms with Crippen LogP contribution in [0.5, 0.6) is 0 Å². The van der Waals surface area contributed by atoms with Gasteiger partial charge < -0.3 is 42.7 Å². The van der Waals surface area contributed by atoms with Crippen LogP contribution in [0.4, 0.5) is 0 Å². The smallest absolute Gasteiger partial charge is 0.256 e. The lowest BCUT2D eigenvalue weighted by Crippen LogP contribution is -2.59. The number of hydrazine groups is 1. The van der Waals surface area contributed by atoms with Crippen molar-refractivity contribution >= 4 is 46.4 Å². The van der Waals surface area contributed by atoms with E-state index >= 15 is 0 Å². The minimum absolute atomic E-state index is 0.0658. The molecule has 17 heteroatoms. The van der Waals surface area contributed by atoms with E-state index < -0.39 is 53.7 Å². The lowest BCUT2D eigenvalue weighted by molar-refractivity contribution is -0.134. The number of carbonyl (C=O) groups excluding carboxylic acids is 5. The zero-order chi connectivity index (χ0) is 36.8. The third-order valence-corrected chi connectivity index (χ3v) is 8.04. The Labute approximate surface area is 294 Å². The van der Waals surface area contributed by atoms with Gasteiger partial charge in [-0.2, -0.15) is 0 Å². The van der Waals surface area contributed by atoms with Gasteiger partial charge in [0.05, 0.1) is 6.33 Å². The summed E-state index contributed by atoms with van der Waals surface area (Å²) in [6.07, 6.45) is 5.34. The van der Waals surface area contributed by atoms with Crippen LogP contribution in [0, 0.1) is 0 Å². The number of fused-ring (bicyclic) bond motifs is 1. The molecule has 5 amide bonds. The van der Waals surface area contributed by atoms with Gasteiger partial charge in [0.1, 0.15) is 24.2 Å². The van der Waals surface area contributed by atoms with Crippen molar-refractivity contribution < 1.29 is 24.0 Å². The largest absolute Gasteiger partial charge is 0.370 e. The number of guanidine groups is 1. The fourth-order valence-electron chi connectivity index (χ4n) is 5.55. The van der Waals surface area contributed by atoms with E-state index in [1.807, 2.05) is 30.3 Å². The van der Waals surface area contributed by atoms with Crippen LogP contribution in [-0.4, -0.2) is 81.2 Å². The van der Waals surface area contributed by atoms with E-state index in [0.717, 1.165) is 22.0 Å². The van der Waals surface area contributed by atoms with Crippen molar-refractivity contribution in [3.8, 4) is 0 Å². The van der Waals surface area contributed by atoms with E-state index in [-0.39, 0.29) is 44.6 Å². The number of aliphatic imine (C=N–C) groups is 1. The molecule has 0 saturated carbocycles. The second-order valence-corrected chi connectivity index (χ2v) is 11.9. The third-order valence-electron chi connectivity index (χ3n) is 8.04. The molecule has 0 aliphatic heterocycles. The average Bonchev–Trinajstić information content (AvgIpc) is 3.78. The average molecular weight is 701 g/mol. The van der Waals surface area contributed by atoms with Crippen LogP contribution in [-0.2, 0) is 43.2 Å². The SMILES string of the molecule is CC(=O)N[C@@H](Cc1cnc[nH]1)C(=O)N[C@H](Cc1ccccc1)C(=O)N[C@@H](CCCN=C(N)N)C(=O)N[C@@H](Cc1c[nH]c2ccccc12)C(=O)NN. The molecule has 4 rings (SSSR count). The summed E-state index contributed by atoms with van der Waals surface area (Å²) >= 11 is 0. The molecule has 2 aromatic heterocycles. The zero-order valence-corrected chi connectivity index (χ0v) is 28.1. The van der Waals surface area contributed by atoms with Crippen molar-refractivity contribution in [1.29, 1.82) is 0 Å². The monoisotopic (exact) mass is 700 g/mol. The molecule has 13 N–H and O–H groups in total. The second-order valence-electron chi connectivity index (χ2n) is 11.9. The van der Waals surface area contributed by atoms with E-state index in [0.29, 0.717) is 5.69 Å². The molecule has 270 valence electrons. The number of H-pyrrole nitrogens is 2. The number of rotatable bonds is 18. The highest BCUT2D eigenvalue weighted by Crippen LogP contribution is 2.19. The number of nitrogens with two attached hydrogens (primary N) is 3. The first-order valence-electron chi connectivity index (χ1n) is 16.3. The Kier molecular flexibility index (Phi) is 13.6. The summed E-state index contributed by atoms with van der Waals surface area (Å²) in [6, 6.07) is 12.0. The quantitative estimate of drug-likeness (QED) is 0.0151. The van der Waals surface area contributed by atoms with Gasteiger partial charge in [0.15, 0.2) is 5.96 Å². The van der Waals surface area contributed by atoms with Gasteiger partial charge in [0, 0.05) is 61.7 Å². The molecule has 0 spiro atoms. The summed E-state index contributed by atoms with van der Waals surface area (Å²) in [5.41, 5.74) is 16.0. The molecule has 0 aliphatic rings. The molecular weight excluding hydrogens is 656 g/mol. The summed E-state index contributed by atoms with van der Waals surface area (Å²) in [5, 5.41) is 11.7. The summed E-state index contributed by atoms with van der Waals surface area (Å²) in [6.45, 7) is 1.45. The van der Waals surface area contributed by atoms with Crippen LogP contribution < -0.4 is 44.0 Å². The fraction of sp³-hybridized carbons (Fsp3) is 0.324. The van der Waals surface area contributed by atoms with E-state index in [1.54, 1.807) is 30.5 Å². The molecule has 0 unspecified atom stereocenters. The van der Waals surface area contributed by atoms with Crippen LogP contribution in [0.3, 0.4) is 0 Å². The van der Waals surface area contributed by atoms with E-state index in [2.05, 4.69) is 46.6 Å². The standard InChI is InChI=1S/C34H44N12O5/c1-20(47)42-29(16-23-18-38-19-41-23)32(50)44-27(14-21-8-3-2-4-9-21)31(49)43-26(12-7-13-39-34(35)36)30(48)45-28(33(51)46-37)15-22-17-40-25-11-6-5-10-24(22)25/h2-6,8-11,17-19,26-29,40H,7,12-16,37H2,1H3,(H,38,41)(H,42,47)(H,43,49)(H,44,50)(H,45,48)(H,46,51)(H4,35,36,39)/t26-,27+,28-,29-/m0/s1. The molecule has 0 bridgehead atoms. The van der Waals surface area contributed by atoms with Crippen molar-refractivity contribution in [3.63, 3.8) is 0 Å². The molecule has 0 saturated heterocycles. The summed E-state index contributed by atoms with van der Waals surface area (Å²) < 4.78 is 0. The van der Waals surface area contributed by atoms with Gasteiger partial charge in [-0.05, 0) is 30.0 Å². The Morgan fingerprint density at radius 2 is 1.39 bits per heavy atom. The lowest BCUT2D eigenvalue weighted by Gasteiger charge is -2.26. The maximum absolute atomic E-state index is 14.0. The highest BCUT2D eigenvalue weighted by atomic mass is 16.2. The Hall–Kier alpha value is -6.23. The lowest BCUT2D eigenvalue weighted by atomic mass is 10.0. The second kappa shape index (κ2) is 18.5. The Morgan fingerprint density at radius 1 is 0.765 bits per heavy atom. The molecule has 4 aromatic rings. The maximum atomic E-state index is 14.0. The molecule has 4 atom stereocenters. The van der Waals surface area contributed by atoms with Gasteiger partial charge in [-0.3, -0.25) is 34.4 Å². The first kappa shape index (κ1) is 37.6. The van der Waals surface area contributed by atoms with Gasteiger partial charge in [-0.25, -0.2) is 10.8 Å². The van der Waals surface area contributed by atoms with Crippen LogP contribution in [0.1, 0.15) is 36.6 Å². The predicted molar refractivity (Wildman–Crippen MR) is 190 cm³/mol. The topological polar surface area (TPSA) is 280 Å². The Balaban J connectivity index is 1.57. The Bertz CT molecular complexity index is 1800.